The van der Waals surface area contributed by atoms with Crippen molar-refractivity contribution in [2.24, 2.45) is 0 Å². The summed E-state index contributed by atoms with van der Waals surface area (Å²) in [4.78, 5) is 11.1. The number of esters is 1. The van der Waals surface area contributed by atoms with Crippen molar-refractivity contribution in [3.63, 3.8) is 0 Å². The van der Waals surface area contributed by atoms with Gasteiger partial charge in [-0.3, -0.25) is 0 Å². The number of ether oxygens (including phenoxy) is 2. The summed E-state index contributed by atoms with van der Waals surface area (Å²) >= 11 is 0. The average Bonchev–Trinajstić information content (AvgIpc) is 2.38. The van der Waals surface area contributed by atoms with Crippen molar-refractivity contribution < 1.29 is 14.3 Å². The molecule has 0 aliphatic carbocycles. The van der Waals surface area contributed by atoms with E-state index in [4.69, 9.17) is 9.47 Å². The highest BCUT2D eigenvalue weighted by molar-refractivity contribution is 5.87. The Labute approximate surface area is 108 Å². The molecule has 0 saturated heterocycles. The lowest BCUT2D eigenvalue weighted by Crippen LogP contribution is -2.15. The molecule has 0 unspecified atom stereocenters. The van der Waals surface area contributed by atoms with E-state index >= 15 is 0 Å². The number of nitrogens with one attached hydrogen (secondary N) is 1. The maximum absolute atomic E-state index is 11.1. The highest BCUT2D eigenvalue weighted by atomic mass is 16.5. The molecule has 0 aliphatic rings. The number of rotatable bonds is 7. The molecule has 1 N–H and O–H groups in total. The largest absolute Gasteiger partial charge is 0.492 e. The molecule has 98 valence electrons. The zero-order valence-electron chi connectivity index (χ0n) is 10.8. The van der Waals surface area contributed by atoms with Gasteiger partial charge in [0.05, 0.1) is 6.61 Å². The van der Waals surface area contributed by atoms with E-state index < -0.39 is 0 Å². The molecule has 4 heteroatoms. The van der Waals surface area contributed by atoms with Crippen molar-refractivity contribution in [3.8, 4) is 5.75 Å². The van der Waals surface area contributed by atoms with Gasteiger partial charge in [-0.25, -0.2) is 4.79 Å². The Balaban J connectivity index is 2.47. The van der Waals surface area contributed by atoms with Crippen molar-refractivity contribution in [1.82, 2.24) is 5.32 Å². The Morgan fingerprint density at radius 1 is 1.33 bits per heavy atom. The number of hydrogen-bond acceptors (Lipinski definition) is 4. The summed E-state index contributed by atoms with van der Waals surface area (Å²) in [5.41, 5.74) is 0.934. The summed E-state index contributed by atoms with van der Waals surface area (Å²) < 4.78 is 10.3. The number of hydrogen-bond donors (Lipinski definition) is 1. The molecule has 0 fully saturated rings. The minimum atomic E-state index is -0.327. The van der Waals surface area contributed by atoms with Crippen molar-refractivity contribution in [1.29, 1.82) is 0 Å². The molecule has 0 amide bonds. The van der Waals surface area contributed by atoms with Crippen molar-refractivity contribution in [3.05, 3.63) is 35.9 Å². The molecule has 0 atom stereocenters. The first-order chi connectivity index (χ1) is 8.76. The Kier molecular flexibility index (Phi) is 6.58. The molecule has 1 aromatic carbocycles. The van der Waals surface area contributed by atoms with Crippen LogP contribution in [0.2, 0.25) is 0 Å². The average molecular weight is 249 g/mol. The second-order valence-electron chi connectivity index (χ2n) is 3.61. The smallest absolute Gasteiger partial charge is 0.330 e. The first-order valence-electron chi connectivity index (χ1n) is 5.98. The number of benzene rings is 1. The van der Waals surface area contributed by atoms with E-state index in [0.29, 0.717) is 13.2 Å². The molecule has 0 aromatic heterocycles. The van der Waals surface area contributed by atoms with Crippen LogP contribution in [-0.4, -0.2) is 32.8 Å². The van der Waals surface area contributed by atoms with E-state index in [1.165, 1.54) is 6.08 Å². The lowest BCUT2D eigenvalue weighted by molar-refractivity contribution is -0.137. The minimum Gasteiger partial charge on any atom is -0.492 e. The van der Waals surface area contributed by atoms with Gasteiger partial charge in [-0.05, 0) is 37.7 Å². The third-order valence-electron chi connectivity index (χ3n) is 2.20. The highest BCUT2D eigenvalue weighted by Crippen LogP contribution is 2.13. The van der Waals surface area contributed by atoms with Crippen molar-refractivity contribution in [2.45, 2.75) is 6.92 Å². The molecule has 18 heavy (non-hydrogen) atoms. The number of carbonyl (C=O) groups is 1. The SMILES string of the molecule is CCOC(=O)/C=C/c1ccc(OCCNC)cc1. The van der Waals surface area contributed by atoms with Crippen LogP contribution < -0.4 is 10.1 Å². The first-order valence-corrected chi connectivity index (χ1v) is 5.98. The van der Waals surface area contributed by atoms with Crippen LogP contribution in [0.25, 0.3) is 6.08 Å². The molecule has 0 aliphatic heterocycles. The molecular weight excluding hydrogens is 230 g/mol. The maximum atomic E-state index is 11.1. The predicted molar refractivity (Wildman–Crippen MR) is 71.5 cm³/mol. The summed E-state index contributed by atoms with van der Waals surface area (Å²) in [6, 6.07) is 7.54. The van der Waals surface area contributed by atoms with E-state index in [2.05, 4.69) is 5.32 Å². The highest BCUT2D eigenvalue weighted by Gasteiger charge is 1.95. The molecule has 0 heterocycles. The fourth-order valence-corrected chi connectivity index (χ4v) is 1.30. The van der Waals surface area contributed by atoms with Crippen LogP contribution >= 0.6 is 0 Å². The fourth-order valence-electron chi connectivity index (χ4n) is 1.30. The van der Waals surface area contributed by atoms with Gasteiger partial charge in [-0.15, -0.1) is 0 Å². The molecule has 0 saturated carbocycles. The zero-order chi connectivity index (χ0) is 13.2. The molecule has 4 nitrogen and oxygen atoms in total. The number of likely N-dealkylation sites (N-methyl/N-ethyl adjacent to an activating group) is 1. The van der Waals surface area contributed by atoms with Gasteiger partial charge >= 0.3 is 5.97 Å². The summed E-state index contributed by atoms with van der Waals surface area (Å²) in [6.07, 6.45) is 3.13. The van der Waals surface area contributed by atoms with Crippen LogP contribution in [0, 0.1) is 0 Å². The standard InChI is InChI=1S/C14H19NO3/c1-3-17-14(16)9-6-12-4-7-13(8-5-12)18-11-10-15-2/h4-9,15H,3,10-11H2,1-2H3/b9-6+. The van der Waals surface area contributed by atoms with Gasteiger partial charge in [0.2, 0.25) is 0 Å². The van der Waals surface area contributed by atoms with E-state index in [1.807, 2.05) is 31.3 Å². The van der Waals surface area contributed by atoms with Gasteiger partial charge in [0.25, 0.3) is 0 Å². The summed E-state index contributed by atoms with van der Waals surface area (Å²) in [6.45, 7) is 3.61. The monoisotopic (exact) mass is 249 g/mol. The van der Waals surface area contributed by atoms with Crippen LogP contribution in [-0.2, 0) is 9.53 Å². The summed E-state index contributed by atoms with van der Waals surface area (Å²) in [5, 5.41) is 3.01. The molecular formula is C14H19NO3. The lowest BCUT2D eigenvalue weighted by Gasteiger charge is -2.05. The minimum absolute atomic E-state index is 0.327. The first kappa shape index (κ1) is 14.3. The summed E-state index contributed by atoms with van der Waals surface area (Å²) in [7, 11) is 1.88. The Hall–Kier alpha value is -1.81. The molecule has 0 radical (unpaired) electrons. The van der Waals surface area contributed by atoms with Crippen LogP contribution in [0.1, 0.15) is 12.5 Å². The van der Waals surface area contributed by atoms with Crippen LogP contribution in [0.5, 0.6) is 5.75 Å². The number of carbonyl (C=O) groups excluding carboxylic acids is 1. The van der Waals surface area contributed by atoms with Gasteiger partial charge in [0, 0.05) is 12.6 Å². The Bertz CT molecular complexity index is 385. The van der Waals surface area contributed by atoms with Gasteiger partial charge < -0.3 is 14.8 Å². The zero-order valence-corrected chi connectivity index (χ0v) is 10.8. The van der Waals surface area contributed by atoms with E-state index in [9.17, 15) is 4.79 Å². The van der Waals surface area contributed by atoms with Crippen LogP contribution in [0.3, 0.4) is 0 Å². The topological polar surface area (TPSA) is 47.6 Å². The summed E-state index contributed by atoms with van der Waals surface area (Å²) in [5.74, 6) is 0.491. The van der Waals surface area contributed by atoms with Gasteiger partial charge in [0.15, 0.2) is 0 Å². The quantitative estimate of drug-likeness (QED) is 0.455. The second kappa shape index (κ2) is 8.31. The third-order valence-corrected chi connectivity index (χ3v) is 2.20. The normalized spacial score (nSPS) is 10.6. The molecule has 0 spiro atoms. The van der Waals surface area contributed by atoms with E-state index in [-0.39, 0.29) is 5.97 Å². The molecule has 0 bridgehead atoms. The van der Waals surface area contributed by atoms with Gasteiger partial charge in [-0.2, -0.15) is 0 Å². The fraction of sp³-hybridized carbons (Fsp3) is 0.357. The Morgan fingerprint density at radius 3 is 2.67 bits per heavy atom. The van der Waals surface area contributed by atoms with Crippen LogP contribution in [0.15, 0.2) is 30.3 Å². The maximum Gasteiger partial charge on any atom is 0.330 e. The Morgan fingerprint density at radius 2 is 2.06 bits per heavy atom. The molecule has 1 rings (SSSR count). The van der Waals surface area contributed by atoms with Crippen molar-refractivity contribution >= 4 is 12.0 Å². The van der Waals surface area contributed by atoms with Crippen LogP contribution in [0.4, 0.5) is 0 Å². The third kappa shape index (κ3) is 5.50. The van der Waals surface area contributed by atoms with E-state index in [1.54, 1.807) is 13.0 Å². The second-order valence-corrected chi connectivity index (χ2v) is 3.61. The van der Waals surface area contributed by atoms with Gasteiger partial charge in [0.1, 0.15) is 12.4 Å². The van der Waals surface area contributed by atoms with E-state index in [0.717, 1.165) is 17.9 Å². The predicted octanol–water partition coefficient (Wildman–Crippen LogP) is 1.86. The van der Waals surface area contributed by atoms with Crippen molar-refractivity contribution in [2.75, 3.05) is 26.8 Å². The van der Waals surface area contributed by atoms with Gasteiger partial charge in [-0.1, -0.05) is 12.1 Å². The lowest BCUT2D eigenvalue weighted by atomic mass is 10.2. The molecule has 1 aromatic rings.